The van der Waals surface area contributed by atoms with E-state index < -0.39 is 4.92 Å². The summed E-state index contributed by atoms with van der Waals surface area (Å²) in [5.74, 6) is -0.145. The van der Waals surface area contributed by atoms with Crippen molar-refractivity contribution in [3.05, 3.63) is 69.3 Å². The summed E-state index contributed by atoms with van der Waals surface area (Å²) < 4.78 is 0. The maximum Gasteiger partial charge on any atom is 0.269 e. The number of hydrogen-bond donors (Lipinski definition) is 1. The Morgan fingerprint density at radius 2 is 1.67 bits per heavy atom. The predicted molar refractivity (Wildman–Crippen MR) is 81.3 cm³/mol. The van der Waals surface area contributed by atoms with Crippen molar-refractivity contribution in [1.29, 1.82) is 0 Å². The predicted octanol–water partition coefficient (Wildman–Crippen LogP) is 3.39. The summed E-state index contributed by atoms with van der Waals surface area (Å²) in [7, 11) is 0. The van der Waals surface area contributed by atoms with Gasteiger partial charge in [0, 0.05) is 17.8 Å². The first-order valence-electron chi connectivity index (χ1n) is 6.55. The van der Waals surface area contributed by atoms with E-state index in [4.69, 9.17) is 0 Å². The molecule has 108 valence electrons. The van der Waals surface area contributed by atoms with Crippen molar-refractivity contribution >= 4 is 17.3 Å². The van der Waals surface area contributed by atoms with E-state index >= 15 is 0 Å². The average Bonchev–Trinajstić information content (AvgIpc) is 2.37. The number of nitrogens with one attached hydrogen (secondary N) is 1. The molecule has 0 aliphatic rings. The largest absolute Gasteiger partial charge is 0.326 e. The SMILES string of the molecule is Cc1cc(C)cc(NC(=O)Cc2ccc([N+](=O)[O-])cc2)c1. The van der Waals surface area contributed by atoms with Gasteiger partial charge in [-0.3, -0.25) is 14.9 Å². The first-order valence-corrected chi connectivity index (χ1v) is 6.55. The highest BCUT2D eigenvalue weighted by molar-refractivity contribution is 5.92. The molecular weight excluding hydrogens is 268 g/mol. The summed E-state index contributed by atoms with van der Waals surface area (Å²) in [6, 6.07) is 11.8. The number of nitro groups is 1. The molecule has 0 radical (unpaired) electrons. The zero-order chi connectivity index (χ0) is 15.4. The van der Waals surface area contributed by atoms with E-state index in [0.29, 0.717) is 0 Å². The zero-order valence-corrected chi connectivity index (χ0v) is 11.9. The van der Waals surface area contributed by atoms with E-state index in [-0.39, 0.29) is 18.0 Å². The fourth-order valence-electron chi connectivity index (χ4n) is 2.17. The molecule has 0 atom stereocenters. The molecule has 0 saturated heterocycles. The third-order valence-corrected chi connectivity index (χ3v) is 3.02. The third-order valence-electron chi connectivity index (χ3n) is 3.02. The van der Waals surface area contributed by atoms with Crippen molar-refractivity contribution in [3.8, 4) is 0 Å². The quantitative estimate of drug-likeness (QED) is 0.691. The maximum atomic E-state index is 12.0. The van der Waals surface area contributed by atoms with Crippen LogP contribution in [0, 0.1) is 24.0 Å². The summed E-state index contributed by atoms with van der Waals surface area (Å²) in [5, 5.41) is 13.4. The minimum absolute atomic E-state index is 0.0217. The molecule has 0 unspecified atom stereocenters. The van der Waals surface area contributed by atoms with Gasteiger partial charge >= 0.3 is 0 Å². The highest BCUT2D eigenvalue weighted by atomic mass is 16.6. The Kier molecular flexibility index (Phi) is 4.33. The molecule has 1 N–H and O–H groups in total. The summed E-state index contributed by atoms with van der Waals surface area (Å²) >= 11 is 0. The fraction of sp³-hybridized carbons (Fsp3) is 0.188. The molecule has 0 heterocycles. The normalized spacial score (nSPS) is 10.2. The van der Waals surface area contributed by atoms with E-state index in [1.54, 1.807) is 12.1 Å². The van der Waals surface area contributed by atoms with E-state index in [9.17, 15) is 14.9 Å². The van der Waals surface area contributed by atoms with Gasteiger partial charge in [0.2, 0.25) is 5.91 Å². The molecule has 21 heavy (non-hydrogen) atoms. The van der Waals surface area contributed by atoms with Crippen molar-refractivity contribution in [3.63, 3.8) is 0 Å². The van der Waals surface area contributed by atoms with Crippen LogP contribution in [0.4, 0.5) is 11.4 Å². The summed E-state index contributed by atoms with van der Waals surface area (Å²) in [6.45, 7) is 3.94. The highest BCUT2D eigenvalue weighted by Gasteiger charge is 2.08. The van der Waals surface area contributed by atoms with Crippen LogP contribution in [0.15, 0.2) is 42.5 Å². The third kappa shape index (κ3) is 4.14. The van der Waals surface area contributed by atoms with Crippen LogP contribution < -0.4 is 5.32 Å². The van der Waals surface area contributed by atoms with Gasteiger partial charge in [0.15, 0.2) is 0 Å². The van der Waals surface area contributed by atoms with Crippen LogP contribution in [0.5, 0.6) is 0 Å². The zero-order valence-electron chi connectivity index (χ0n) is 11.9. The smallest absolute Gasteiger partial charge is 0.269 e. The lowest BCUT2D eigenvalue weighted by Gasteiger charge is -2.07. The number of nitro benzene ring substituents is 1. The Labute approximate surface area is 122 Å². The molecule has 0 aliphatic carbocycles. The molecule has 2 aromatic carbocycles. The molecule has 0 aromatic heterocycles. The number of amides is 1. The topological polar surface area (TPSA) is 72.2 Å². The van der Waals surface area contributed by atoms with E-state index in [1.807, 2.05) is 32.0 Å². The summed E-state index contributed by atoms with van der Waals surface area (Å²) in [4.78, 5) is 22.1. The van der Waals surface area contributed by atoms with Gasteiger partial charge in [-0.1, -0.05) is 18.2 Å². The number of aryl methyl sites for hydroxylation is 2. The van der Waals surface area contributed by atoms with Crippen molar-refractivity contribution in [2.45, 2.75) is 20.3 Å². The lowest BCUT2D eigenvalue weighted by atomic mass is 10.1. The van der Waals surface area contributed by atoms with Crippen molar-refractivity contribution in [1.82, 2.24) is 0 Å². The van der Waals surface area contributed by atoms with Gasteiger partial charge in [-0.2, -0.15) is 0 Å². The number of anilines is 1. The lowest BCUT2D eigenvalue weighted by Crippen LogP contribution is -2.14. The van der Waals surface area contributed by atoms with Crippen molar-refractivity contribution < 1.29 is 9.72 Å². The fourth-order valence-corrected chi connectivity index (χ4v) is 2.17. The van der Waals surface area contributed by atoms with Crippen LogP contribution in [0.3, 0.4) is 0 Å². The number of benzene rings is 2. The minimum atomic E-state index is -0.459. The van der Waals surface area contributed by atoms with Gasteiger partial charge in [0.1, 0.15) is 0 Å². The maximum absolute atomic E-state index is 12.0. The molecule has 1 amide bonds. The van der Waals surface area contributed by atoms with Crippen LogP contribution in [0.1, 0.15) is 16.7 Å². The van der Waals surface area contributed by atoms with Crippen LogP contribution in [-0.2, 0) is 11.2 Å². The second-order valence-electron chi connectivity index (χ2n) is 5.02. The molecule has 0 spiro atoms. The van der Waals surface area contributed by atoms with Crippen molar-refractivity contribution in [2.75, 3.05) is 5.32 Å². The highest BCUT2D eigenvalue weighted by Crippen LogP contribution is 2.15. The Bertz CT molecular complexity index is 658. The lowest BCUT2D eigenvalue weighted by molar-refractivity contribution is -0.384. The number of hydrogen-bond acceptors (Lipinski definition) is 3. The van der Waals surface area contributed by atoms with Gasteiger partial charge in [-0.05, 0) is 42.7 Å². The van der Waals surface area contributed by atoms with E-state index in [2.05, 4.69) is 5.32 Å². The van der Waals surface area contributed by atoms with Crippen LogP contribution >= 0.6 is 0 Å². The van der Waals surface area contributed by atoms with Crippen LogP contribution in [0.25, 0.3) is 0 Å². The monoisotopic (exact) mass is 284 g/mol. The van der Waals surface area contributed by atoms with Gasteiger partial charge < -0.3 is 5.32 Å². The second kappa shape index (κ2) is 6.17. The number of carbonyl (C=O) groups excluding carboxylic acids is 1. The molecule has 2 aromatic rings. The minimum Gasteiger partial charge on any atom is -0.326 e. The number of nitrogens with zero attached hydrogens (tertiary/aromatic N) is 1. The van der Waals surface area contributed by atoms with Gasteiger partial charge in [-0.15, -0.1) is 0 Å². The molecule has 0 bridgehead atoms. The molecule has 5 heteroatoms. The van der Waals surface area contributed by atoms with E-state index in [1.165, 1.54) is 12.1 Å². The van der Waals surface area contributed by atoms with Gasteiger partial charge in [0.25, 0.3) is 5.69 Å². The Morgan fingerprint density at radius 3 is 2.19 bits per heavy atom. The summed E-state index contributed by atoms with van der Waals surface area (Å²) in [5.41, 5.74) is 3.69. The molecule has 0 saturated carbocycles. The standard InChI is InChI=1S/C16H16N2O3/c1-11-7-12(2)9-14(8-11)17-16(19)10-13-3-5-15(6-4-13)18(20)21/h3-9H,10H2,1-2H3,(H,17,19). The van der Waals surface area contributed by atoms with Crippen LogP contribution in [0.2, 0.25) is 0 Å². The molecule has 0 fully saturated rings. The first kappa shape index (κ1) is 14.7. The number of rotatable bonds is 4. The number of non-ortho nitro benzene ring substituents is 1. The molecular formula is C16H16N2O3. The molecule has 2 rings (SSSR count). The molecule has 0 aliphatic heterocycles. The second-order valence-corrected chi connectivity index (χ2v) is 5.02. The average molecular weight is 284 g/mol. The van der Waals surface area contributed by atoms with Gasteiger partial charge in [0.05, 0.1) is 11.3 Å². The van der Waals surface area contributed by atoms with Gasteiger partial charge in [-0.25, -0.2) is 0 Å². The van der Waals surface area contributed by atoms with E-state index in [0.717, 1.165) is 22.4 Å². The Hall–Kier alpha value is -2.69. The Balaban J connectivity index is 2.02. The Morgan fingerprint density at radius 1 is 1.10 bits per heavy atom. The van der Waals surface area contributed by atoms with Crippen molar-refractivity contribution in [2.24, 2.45) is 0 Å². The number of carbonyl (C=O) groups is 1. The summed E-state index contributed by atoms with van der Waals surface area (Å²) in [6.07, 6.45) is 0.185. The van der Waals surface area contributed by atoms with Crippen LogP contribution in [-0.4, -0.2) is 10.8 Å². The first-order chi connectivity index (χ1) is 9.94. The molecule has 5 nitrogen and oxygen atoms in total.